The summed E-state index contributed by atoms with van der Waals surface area (Å²) in [6.07, 6.45) is 3.95. The number of carbonyl (C=O) groups is 1. The van der Waals surface area contributed by atoms with Gasteiger partial charge in [0.1, 0.15) is 0 Å². The van der Waals surface area contributed by atoms with Crippen LogP contribution >= 0.6 is 11.6 Å². The second-order valence-corrected chi connectivity index (χ2v) is 3.34. The van der Waals surface area contributed by atoms with Crippen molar-refractivity contribution in [3.63, 3.8) is 0 Å². The molecule has 0 rings (SSSR count). The van der Waals surface area contributed by atoms with E-state index in [0.717, 1.165) is 13.0 Å². The van der Waals surface area contributed by atoms with E-state index in [2.05, 4.69) is 6.92 Å². The lowest BCUT2D eigenvalue weighted by Gasteiger charge is -2.15. The molecule has 0 aromatic rings. The maximum absolute atomic E-state index is 11.2. The van der Waals surface area contributed by atoms with Crippen molar-refractivity contribution in [1.82, 2.24) is 4.90 Å². The van der Waals surface area contributed by atoms with Gasteiger partial charge in [0.15, 0.2) is 0 Å². The Morgan fingerprint density at radius 3 is 2.58 bits per heavy atom. The van der Waals surface area contributed by atoms with Crippen LogP contribution in [0.2, 0.25) is 0 Å². The van der Waals surface area contributed by atoms with Gasteiger partial charge in [-0.3, -0.25) is 4.79 Å². The van der Waals surface area contributed by atoms with E-state index >= 15 is 0 Å². The largest absolute Gasteiger partial charge is 0.346 e. The molecule has 0 bridgehead atoms. The Morgan fingerprint density at radius 2 is 2.08 bits per heavy atom. The molecule has 0 fully saturated rings. The monoisotopic (exact) mass is 191 g/mol. The lowest BCUT2D eigenvalue weighted by molar-refractivity contribution is -0.129. The molecule has 0 spiro atoms. The highest BCUT2D eigenvalue weighted by molar-refractivity contribution is 6.18. The maximum Gasteiger partial charge on any atom is 0.223 e. The Hall–Kier alpha value is -0.240. The van der Waals surface area contributed by atoms with Crippen LogP contribution in [0.25, 0.3) is 0 Å². The van der Waals surface area contributed by atoms with Crippen molar-refractivity contribution in [2.24, 2.45) is 0 Å². The quantitative estimate of drug-likeness (QED) is 0.466. The van der Waals surface area contributed by atoms with Crippen molar-refractivity contribution < 1.29 is 4.79 Å². The van der Waals surface area contributed by atoms with Crippen molar-refractivity contribution in [3.8, 4) is 0 Å². The van der Waals surface area contributed by atoms with Gasteiger partial charge in [-0.1, -0.05) is 19.8 Å². The van der Waals surface area contributed by atoms with Crippen molar-refractivity contribution in [2.45, 2.75) is 32.6 Å². The molecule has 0 saturated carbocycles. The molecular formula is C9H18ClNO. The first-order chi connectivity index (χ1) is 5.72. The van der Waals surface area contributed by atoms with Gasteiger partial charge < -0.3 is 4.90 Å². The van der Waals surface area contributed by atoms with Crippen LogP contribution in [0, 0.1) is 0 Å². The summed E-state index contributed by atoms with van der Waals surface area (Å²) in [5.41, 5.74) is 0. The predicted octanol–water partition coefficient (Wildman–Crippen LogP) is 2.26. The first-order valence-electron chi connectivity index (χ1n) is 4.52. The SMILES string of the molecule is CCCCCN(C)C(=O)CCCl. The van der Waals surface area contributed by atoms with E-state index in [1.165, 1.54) is 12.8 Å². The van der Waals surface area contributed by atoms with Crippen LogP contribution in [-0.4, -0.2) is 30.3 Å². The molecule has 0 unspecified atom stereocenters. The van der Waals surface area contributed by atoms with Gasteiger partial charge in [0.25, 0.3) is 0 Å². The Balaban J connectivity index is 3.42. The number of unbranched alkanes of at least 4 members (excludes halogenated alkanes) is 2. The van der Waals surface area contributed by atoms with Gasteiger partial charge in [0.2, 0.25) is 5.91 Å². The van der Waals surface area contributed by atoms with Crippen LogP contribution in [-0.2, 0) is 4.79 Å². The molecule has 0 aliphatic rings. The zero-order valence-corrected chi connectivity index (χ0v) is 8.73. The maximum atomic E-state index is 11.2. The Bertz CT molecular complexity index is 128. The molecule has 0 aliphatic carbocycles. The second-order valence-electron chi connectivity index (χ2n) is 2.96. The van der Waals surface area contributed by atoms with Gasteiger partial charge in [0.05, 0.1) is 0 Å². The van der Waals surface area contributed by atoms with Gasteiger partial charge in [-0.15, -0.1) is 11.6 Å². The summed E-state index contributed by atoms with van der Waals surface area (Å²) >= 11 is 5.45. The summed E-state index contributed by atoms with van der Waals surface area (Å²) in [6.45, 7) is 3.02. The fraction of sp³-hybridized carbons (Fsp3) is 0.889. The number of amides is 1. The number of nitrogens with zero attached hydrogens (tertiary/aromatic N) is 1. The van der Waals surface area contributed by atoms with E-state index in [9.17, 15) is 4.79 Å². The molecule has 0 aliphatic heterocycles. The fourth-order valence-corrected chi connectivity index (χ4v) is 1.16. The van der Waals surface area contributed by atoms with E-state index in [1.807, 2.05) is 7.05 Å². The van der Waals surface area contributed by atoms with Gasteiger partial charge in [-0.25, -0.2) is 0 Å². The average Bonchev–Trinajstić information content (AvgIpc) is 2.05. The first kappa shape index (κ1) is 11.8. The molecule has 12 heavy (non-hydrogen) atoms. The Kier molecular flexibility index (Phi) is 7.26. The summed E-state index contributed by atoms with van der Waals surface area (Å²) < 4.78 is 0. The van der Waals surface area contributed by atoms with Crippen molar-refractivity contribution in [3.05, 3.63) is 0 Å². The van der Waals surface area contributed by atoms with Gasteiger partial charge in [-0.2, -0.15) is 0 Å². The molecule has 0 N–H and O–H groups in total. The van der Waals surface area contributed by atoms with Crippen LogP contribution in [0.1, 0.15) is 32.6 Å². The van der Waals surface area contributed by atoms with Crippen LogP contribution in [0.5, 0.6) is 0 Å². The lowest BCUT2D eigenvalue weighted by atomic mass is 10.2. The third-order valence-corrected chi connectivity index (χ3v) is 2.02. The third-order valence-electron chi connectivity index (χ3n) is 1.83. The zero-order valence-electron chi connectivity index (χ0n) is 7.98. The van der Waals surface area contributed by atoms with Gasteiger partial charge in [-0.05, 0) is 6.42 Å². The molecule has 72 valence electrons. The smallest absolute Gasteiger partial charge is 0.223 e. The van der Waals surface area contributed by atoms with Gasteiger partial charge in [0, 0.05) is 25.9 Å². The summed E-state index contributed by atoms with van der Waals surface area (Å²) in [6, 6.07) is 0. The van der Waals surface area contributed by atoms with E-state index in [1.54, 1.807) is 4.90 Å². The molecular weight excluding hydrogens is 174 g/mol. The van der Waals surface area contributed by atoms with Crippen molar-refractivity contribution in [2.75, 3.05) is 19.5 Å². The molecule has 1 amide bonds. The summed E-state index contributed by atoms with van der Waals surface area (Å²) in [5.74, 6) is 0.581. The molecule has 3 heteroatoms. The average molecular weight is 192 g/mol. The van der Waals surface area contributed by atoms with E-state index in [0.29, 0.717) is 12.3 Å². The lowest BCUT2D eigenvalue weighted by Crippen LogP contribution is -2.27. The highest BCUT2D eigenvalue weighted by Crippen LogP contribution is 1.98. The topological polar surface area (TPSA) is 20.3 Å². The van der Waals surface area contributed by atoms with Crippen molar-refractivity contribution >= 4 is 17.5 Å². The molecule has 0 aromatic heterocycles. The van der Waals surface area contributed by atoms with Crippen LogP contribution in [0.3, 0.4) is 0 Å². The number of carbonyl (C=O) groups excluding carboxylic acids is 1. The van der Waals surface area contributed by atoms with Crippen LogP contribution in [0.15, 0.2) is 0 Å². The zero-order chi connectivity index (χ0) is 9.40. The second kappa shape index (κ2) is 7.41. The molecule has 0 atom stereocenters. The summed E-state index contributed by atoms with van der Waals surface area (Å²) in [7, 11) is 1.84. The summed E-state index contributed by atoms with van der Waals surface area (Å²) in [4.78, 5) is 12.9. The predicted molar refractivity (Wildman–Crippen MR) is 52.5 cm³/mol. The highest BCUT2D eigenvalue weighted by Gasteiger charge is 2.05. The Labute approximate surface area is 79.9 Å². The van der Waals surface area contributed by atoms with Crippen LogP contribution < -0.4 is 0 Å². The fourth-order valence-electron chi connectivity index (χ4n) is 0.995. The van der Waals surface area contributed by atoms with Crippen molar-refractivity contribution in [1.29, 1.82) is 0 Å². The summed E-state index contributed by atoms with van der Waals surface area (Å²) in [5, 5.41) is 0. The molecule has 0 radical (unpaired) electrons. The molecule has 2 nitrogen and oxygen atoms in total. The first-order valence-corrected chi connectivity index (χ1v) is 5.05. The highest BCUT2D eigenvalue weighted by atomic mass is 35.5. The number of hydrogen-bond donors (Lipinski definition) is 0. The molecule has 0 aromatic carbocycles. The Morgan fingerprint density at radius 1 is 1.42 bits per heavy atom. The van der Waals surface area contributed by atoms with E-state index in [-0.39, 0.29) is 5.91 Å². The number of alkyl halides is 1. The normalized spacial score (nSPS) is 9.92. The number of rotatable bonds is 6. The van der Waals surface area contributed by atoms with E-state index in [4.69, 9.17) is 11.6 Å². The minimum Gasteiger partial charge on any atom is -0.346 e. The van der Waals surface area contributed by atoms with Crippen LogP contribution in [0.4, 0.5) is 0 Å². The standard InChI is InChI=1S/C9H18ClNO/c1-3-4-5-8-11(2)9(12)6-7-10/h3-8H2,1-2H3. The number of halogens is 1. The minimum absolute atomic E-state index is 0.154. The number of hydrogen-bond acceptors (Lipinski definition) is 1. The third kappa shape index (κ3) is 5.42. The minimum atomic E-state index is 0.154. The van der Waals surface area contributed by atoms with Gasteiger partial charge >= 0.3 is 0 Å². The molecule has 0 heterocycles. The molecule has 0 saturated heterocycles. The van der Waals surface area contributed by atoms with E-state index < -0.39 is 0 Å².